The van der Waals surface area contributed by atoms with Crippen LogP contribution >= 0.6 is 23.8 Å². The molecule has 0 atom stereocenters. The molecule has 1 N–H and O–H groups in total. The zero-order valence-corrected chi connectivity index (χ0v) is 15.7. The van der Waals surface area contributed by atoms with Crippen LogP contribution in [0.1, 0.15) is 12.5 Å². The first-order valence-corrected chi connectivity index (χ1v) is 8.62. The van der Waals surface area contributed by atoms with Crippen LogP contribution < -0.4 is 15.0 Å². The molecule has 0 bridgehead atoms. The third kappa shape index (κ3) is 3.49. The van der Waals surface area contributed by atoms with Crippen molar-refractivity contribution in [1.82, 2.24) is 9.66 Å². The lowest BCUT2D eigenvalue weighted by Crippen LogP contribution is -2.18. The summed E-state index contributed by atoms with van der Waals surface area (Å²) in [6.45, 7) is 2.32. The molecule has 0 radical (unpaired) electrons. The van der Waals surface area contributed by atoms with Crippen molar-refractivity contribution >= 4 is 40.9 Å². The van der Waals surface area contributed by atoms with Gasteiger partial charge in [-0.15, -0.1) is 0 Å². The van der Waals surface area contributed by atoms with E-state index in [0.717, 1.165) is 4.68 Å². The molecule has 134 valence electrons. The number of methoxy groups -OCH3 is 1. The zero-order chi connectivity index (χ0) is 18.7. The van der Waals surface area contributed by atoms with Crippen molar-refractivity contribution in [2.75, 3.05) is 13.7 Å². The first-order valence-electron chi connectivity index (χ1n) is 7.84. The maximum atomic E-state index is 12.6. The highest BCUT2D eigenvalue weighted by atomic mass is 35.5. The highest BCUT2D eigenvalue weighted by Gasteiger charge is 2.11. The van der Waals surface area contributed by atoms with Gasteiger partial charge in [-0.1, -0.05) is 23.7 Å². The Balaban J connectivity index is 2.07. The van der Waals surface area contributed by atoms with E-state index in [4.69, 9.17) is 33.3 Å². The molecule has 0 unspecified atom stereocenters. The summed E-state index contributed by atoms with van der Waals surface area (Å²) < 4.78 is 12.1. The molecule has 3 aromatic rings. The average molecular weight is 390 g/mol. The summed E-state index contributed by atoms with van der Waals surface area (Å²) in [5.41, 5.74) is 1.01. The number of para-hydroxylation sites is 1. The number of benzene rings is 2. The number of aromatic nitrogens is 2. The van der Waals surface area contributed by atoms with Gasteiger partial charge in [0.1, 0.15) is 0 Å². The highest BCUT2D eigenvalue weighted by Crippen LogP contribution is 2.35. The fourth-order valence-corrected chi connectivity index (χ4v) is 3.04. The number of ether oxygens (including phenoxy) is 2. The van der Waals surface area contributed by atoms with E-state index in [9.17, 15) is 4.79 Å². The Morgan fingerprint density at radius 2 is 2.12 bits per heavy atom. The molecule has 0 saturated carbocycles. The van der Waals surface area contributed by atoms with Crippen molar-refractivity contribution in [2.24, 2.45) is 5.10 Å². The first kappa shape index (κ1) is 18.2. The van der Waals surface area contributed by atoms with Crippen molar-refractivity contribution < 1.29 is 9.47 Å². The van der Waals surface area contributed by atoms with Crippen LogP contribution in [0.3, 0.4) is 0 Å². The number of rotatable bonds is 5. The Bertz CT molecular complexity index is 1110. The third-order valence-electron chi connectivity index (χ3n) is 3.64. The number of hydrogen-bond acceptors (Lipinski definition) is 5. The van der Waals surface area contributed by atoms with Gasteiger partial charge in [-0.3, -0.25) is 4.79 Å². The second-order valence-corrected chi connectivity index (χ2v) is 6.10. The van der Waals surface area contributed by atoms with Gasteiger partial charge in [-0.05, 0) is 49.0 Å². The van der Waals surface area contributed by atoms with Crippen LogP contribution in [0.5, 0.6) is 11.5 Å². The molecule has 0 aliphatic carbocycles. The predicted octanol–water partition coefficient (Wildman–Crippen LogP) is 4.00. The van der Waals surface area contributed by atoms with Crippen molar-refractivity contribution in [1.29, 1.82) is 0 Å². The van der Waals surface area contributed by atoms with Gasteiger partial charge in [0.2, 0.25) is 4.77 Å². The minimum absolute atomic E-state index is 0.203. The molecule has 6 nitrogen and oxygen atoms in total. The number of aromatic amines is 1. The van der Waals surface area contributed by atoms with E-state index >= 15 is 0 Å². The Kier molecular flexibility index (Phi) is 5.39. The van der Waals surface area contributed by atoms with Gasteiger partial charge in [0.05, 0.1) is 35.9 Å². The van der Waals surface area contributed by atoms with Crippen LogP contribution in [-0.2, 0) is 0 Å². The maximum Gasteiger partial charge on any atom is 0.282 e. The van der Waals surface area contributed by atoms with Gasteiger partial charge in [-0.25, -0.2) is 0 Å². The van der Waals surface area contributed by atoms with Crippen LogP contribution in [0.2, 0.25) is 5.02 Å². The molecule has 1 aromatic heterocycles. The first-order chi connectivity index (χ1) is 12.5. The van der Waals surface area contributed by atoms with E-state index in [-0.39, 0.29) is 10.3 Å². The fraction of sp³-hybridized carbons (Fsp3) is 0.167. The smallest absolute Gasteiger partial charge is 0.282 e. The lowest BCUT2D eigenvalue weighted by Gasteiger charge is -2.11. The molecule has 0 amide bonds. The Labute approximate surface area is 159 Å². The largest absolute Gasteiger partial charge is 0.491 e. The summed E-state index contributed by atoms with van der Waals surface area (Å²) in [5.74, 6) is 0.950. The number of nitrogens with zero attached hydrogens (tertiary/aromatic N) is 2. The summed E-state index contributed by atoms with van der Waals surface area (Å²) >= 11 is 11.5. The second-order valence-electron chi connectivity index (χ2n) is 5.30. The SMILES string of the molecule is CCOc1cc(/C=N\n2c(=S)[nH]c3ccccc3c2=O)cc(Cl)c1OC. The van der Waals surface area contributed by atoms with E-state index in [1.807, 2.05) is 13.0 Å². The summed E-state index contributed by atoms with van der Waals surface area (Å²) in [7, 11) is 1.52. The van der Waals surface area contributed by atoms with Crippen LogP contribution in [0.15, 0.2) is 46.3 Å². The molecule has 0 saturated heterocycles. The van der Waals surface area contributed by atoms with Crippen LogP contribution in [0.4, 0.5) is 0 Å². The third-order valence-corrected chi connectivity index (χ3v) is 4.20. The normalized spacial score (nSPS) is 11.2. The fourth-order valence-electron chi connectivity index (χ4n) is 2.51. The number of hydrogen-bond donors (Lipinski definition) is 1. The lowest BCUT2D eigenvalue weighted by atomic mass is 10.2. The topological polar surface area (TPSA) is 68.6 Å². The molecule has 2 aromatic carbocycles. The summed E-state index contributed by atoms with van der Waals surface area (Å²) in [6.07, 6.45) is 1.49. The zero-order valence-electron chi connectivity index (χ0n) is 14.2. The van der Waals surface area contributed by atoms with Gasteiger partial charge in [0.25, 0.3) is 5.56 Å². The predicted molar refractivity (Wildman–Crippen MR) is 106 cm³/mol. The standard InChI is InChI=1S/C18H16ClN3O3S/c1-3-25-15-9-11(8-13(19)16(15)24-2)10-20-22-17(23)12-6-4-5-7-14(12)21-18(22)26/h4-10H,3H2,1-2H3,(H,21,26)/b20-10-. The summed E-state index contributed by atoms with van der Waals surface area (Å²) in [5, 5.41) is 5.10. The molecule has 3 rings (SSSR count). The Hall–Kier alpha value is -2.64. The van der Waals surface area contributed by atoms with Gasteiger partial charge < -0.3 is 14.5 Å². The van der Waals surface area contributed by atoms with E-state index < -0.39 is 0 Å². The molecule has 0 aliphatic rings. The summed E-state index contributed by atoms with van der Waals surface area (Å²) in [4.78, 5) is 15.6. The molecule has 0 spiro atoms. The average Bonchev–Trinajstić information content (AvgIpc) is 2.62. The van der Waals surface area contributed by atoms with E-state index in [1.165, 1.54) is 13.3 Å². The van der Waals surface area contributed by atoms with Crippen LogP contribution in [0, 0.1) is 4.77 Å². The van der Waals surface area contributed by atoms with E-state index in [2.05, 4.69) is 10.1 Å². The van der Waals surface area contributed by atoms with E-state index in [0.29, 0.717) is 39.6 Å². The maximum absolute atomic E-state index is 12.6. The number of H-pyrrole nitrogens is 1. The van der Waals surface area contributed by atoms with Crippen LogP contribution in [-0.4, -0.2) is 29.6 Å². The Morgan fingerprint density at radius 3 is 2.85 bits per heavy atom. The highest BCUT2D eigenvalue weighted by molar-refractivity contribution is 7.71. The molecule has 1 heterocycles. The van der Waals surface area contributed by atoms with Crippen molar-refractivity contribution in [3.8, 4) is 11.5 Å². The Morgan fingerprint density at radius 1 is 1.35 bits per heavy atom. The monoisotopic (exact) mass is 389 g/mol. The minimum Gasteiger partial charge on any atom is -0.491 e. The number of fused-ring (bicyclic) bond motifs is 1. The molecule has 8 heteroatoms. The van der Waals surface area contributed by atoms with Gasteiger partial charge in [0, 0.05) is 0 Å². The minimum atomic E-state index is -0.301. The van der Waals surface area contributed by atoms with Crippen LogP contribution in [0.25, 0.3) is 10.9 Å². The number of halogens is 1. The van der Waals surface area contributed by atoms with Gasteiger partial charge in [0.15, 0.2) is 11.5 Å². The van der Waals surface area contributed by atoms with E-state index in [1.54, 1.807) is 30.3 Å². The van der Waals surface area contributed by atoms with Crippen molar-refractivity contribution in [3.05, 3.63) is 62.1 Å². The molecule has 0 fully saturated rings. The molecule has 0 aliphatic heterocycles. The number of nitrogens with one attached hydrogen (secondary N) is 1. The quantitative estimate of drug-likeness (QED) is 0.529. The van der Waals surface area contributed by atoms with Gasteiger partial charge in [-0.2, -0.15) is 9.78 Å². The molecular weight excluding hydrogens is 374 g/mol. The second kappa shape index (κ2) is 7.72. The molecular formula is C18H16ClN3O3S. The van der Waals surface area contributed by atoms with Crippen molar-refractivity contribution in [3.63, 3.8) is 0 Å². The molecule has 26 heavy (non-hydrogen) atoms. The summed E-state index contributed by atoms with van der Waals surface area (Å²) in [6, 6.07) is 10.5. The van der Waals surface area contributed by atoms with Gasteiger partial charge >= 0.3 is 0 Å². The van der Waals surface area contributed by atoms with Crippen molar-refractivity contribution in [2.45, 2.75) is 6.92 Å². The lowest BCUT2D eigenvalue weighted by molar-refractivity contribution is 0.311.